The molecule has 0 aliphatic heterocycles. The van der Waals surface area contributed by atoms with E-state index in [2.05, 4.69) is 45.9 Å². The van der Waals surface area contributed by atoms with Crippen LogP contribution in [0.15, 0.2) is 24.3 Å². The molecule has 1 heterocycles. The fraction of sp³-hybridized carbons (Fsp3) is 0.421. The molecule has 2 aromatic rings. The Hall–Kier alpha value is -1.83. The van der Waals surface area contributed by atoms with Gasteiger partial charge >= 0.3 is 0 Å². The molecule has 21 heavy (non-hydrogen) atoms. The molecule has 0 aliphatic rings. The summed E-state index contributed by atoms with van der Waals surface area (Å²) in [5, 5.41) is 0. The number of pyridine rings is 1. The lowest BCUT2D eigenvalue weighted by Crippen LogP contribution is -2.04. The van der Waals surface area contributed by atoms with Crippen LogP contribution in [0.1, 0.15) is 61.9 Å². The summed E-state index contributed by atoms with van der Waals surface area (Å²) in [5.41, 5.74) is 14.0. The van der Waals surface area contributed by atoms with Crippen molar-refractivity contribution in [1.29, 1.82) is 0 Å². The first-order valence-electron chi connectivity index (χ1n) is 7.69. The van der Waals surface area contributed by atoms with Gasteiger partial charge in [0.05, 0.1) is 5.69 Å². The quantitative estimate of drug-likeness (QED) is 0.841. The number of aromatic nitrogens is 1. The van der Waals surface area contributed by atoms with Crippen molar-refractivity contribution in [2.24, 2.45) is 0 Å². The molecule has 0 fully saturated rings. The number of aryl methyl sites for hydroxylation is 1. The second-order valence-electron chi connectivity index (χ2n) is 6.43. The van der Waals surface area contributed by atoms with Crippen LogP contribution >= 0.6 is 0 Å². The normalized spacial score (nSPS) is 11.4. The SMILES string of the molecule is Cc1nc(-c2c(C(C)C)cccc2C(C)C)cc(N)c1C. The topological polar surface area (TPSA) is 38.9 Å². The van der Waals surface area contributed by atoms with Crippen molar-refractivity contribution >= 4 is 5.69 Å². The zero-order chi connectivity index (χ0) is 15.7. The highest BCUT2D eigenvalue weighted by atomic mass is 14.7. The summed E-state index contributed by atoms with van der Waals surface area (Å²) in [7, 11) is 0. The first-order chi connectivity index (χ1) is 9.82. The molecule has 0 spiro atoms. The standard InChI is InChI=1S/C19H26N2/c1-11(2)15-8-7-9-16(12(3)4)19(15)18-10-17(20)13(5)14(6)21-18/h7-12H,1-6H3,(H2,20,21). The summed E-state index contributed by atoms with van der Waals surface area (Å²) in [5.74, 6) is 0.923. The molecule has 2 nitrogen and oxygen atoms in total. The van der Waals surface area contributed by atoms with Gasteiger partial charge in [0.25, 0.3) is 0 Å². The van der Waals surface area contributed by atoms with Crippen molar-refractivity contribution in [3.8, 4) is 11.3 Å². The van der Waals surface area contributed by atoms with Crippen molar-refractivity contribution < 1.29 is 0 Å². The van der Waals surface area contributed by atoms with Gasteiger partial charge in [-0.15, -0.1) is 0 Å². The van der Waals surface area contributed by atoms with E-state index < -0.39 is 0 Å². The van der Waals surface area contributed by atoms with Crippen LogP contribution in [-0.2, 0) is 0 Å². The van der Waals surface area contributed by atoms with E-state index in [4.69, 9.17) is 10.7 Å². The smallest absolute Gasteiger partial charge is 0.0731 e. The third kappa shape index (κ3) is 2.94. The fourth-order valence-corrected chi connectivity index (χ4v) is 2.74. The number of nitrogens with two attached hydrogens (primary N) is 1. The monoisotopic (exact) mass is 282 g/mol. The predicted molar refractivity (Wildman–Crippen MR) is 91.7 cm³/mol. The Kier molecular flexibility index (Phi) is 4.36. The molecule has 1 aromatic carbocycles. The summed E-state index contributed by atoms with van der Waals surface area (Å²) in [6.07, 6.45) is 0. The molecule has 0 bridgehead atoms. The Labute approximate surface area is 128 Å². The van der Waals surface area contributed by atoms with Crippen LogP contribution in [0, 0.1) is 13.8 Å². The number of anilines is 1. The van der Waals surface area contributed by atoms with Crippen LogP contribution in [0.2, 0.25) is 0 Å². The van der Waals surface area contributed by atoms with Crippen LogP contribution in [0.3, 0.4) is 0 Å². The molecule has 112 valence electrons. The third-order valence-corrected chi connectivity index (χ3v) is 4.19. The predicted octanol–water partition coefficient (Wildman–Crippen LogP) is 5.19. The lowest BCUT2D eigenvalue weighted by atomic mass is 9.86. The summed E-state index contributed by atoms with van der Waals surface area (Å²) in [4.78, 5) is 4.81. The van der Waals surface area contributed by atoms with Crippen molar-refractivity contribution in [3.05, 3.63) is 46.6 Å². The van der Waals surface area contributed by atoms with E-state index in [0.29, 0.717) is 11.8 Å². The minimum atomic E-state index is 0.461. The van der Waals surface area contributed by atoms with Crippen LogP contribution in [0.5, 0.6) is 0 Å². The second kappa shape index (κ2) is 5.88. The maximum absolute atomic E-state index is 6.17. The molecule has 0 aliphatic carbocycles. The lowest BCUT2D eigenvalue weighted by Gasteiger charge is -2.20. The zero-order valence-electron chi connectivity index (χ0n) is 14.0. The molecule has 2 heteroatoms. The van der Waals surface area contributed by atoms with Gasteiger partial charge in [-0.2, -0.15) is 0 Å². The minimum Gasteiger partial charge on any atom is -0.398 e. The Morgan fingerprint density at radius 3 is 1.90 bits per heavy atom. The Morgan fingerprint density at radius 2 is 1.48 bits per heavy atom. The van der Waals surface area contributed by atoms with Crippen LogP contribution in [0.4, 0.5) is 5.69 Å². The highest BCUT2D eigenvalue weighted by molar-refractivity contribution is 5.73. The van der Waals surface area contributed by atoms with E-state index in [0.717, 1.165) is 22.6 Å². The highest BCUT2D eigenvalue weighted by Crippen LogP contribution is 2.36. The number of hydrogen-bond acceptors (Lipinski definition) is 2. The summed E-state index contributed by atoms with van der Waals surface area (Å²) < 4.78 is 0. The van der Waals surface area contributed by atoms with Gasteiger partial charge in [0.1, 0.15) is 0 Å². The molecule has 0 amide bonds. The van der Waals surface area contributed by atoms with E-state index in [1.165, 1.54) is 16.7 Å². The van der Waals surface area contributed by atoms with Gasteiger partial charge in [0.15, 0.2) is 0 Å². The summed E-state index contributed by atoms with van der Waals surface area (Å²) >= 11 is 0. The van der Waals surface area contributed by atoms with Gasteiger partial charge in [0.2, 0.25) is 0 Å². The van der Waals surface area contributed by atoms with Crippen LogP contribution in [0.25, 0.3) is 11.3 Å². The number of rotatable bonds is 3. The van der Waals surface area contributed by atoms with Gasteiger partial charge in [0, 0.05) is 16.9 Å². The number of nitrogens with zero attached hydrogens (tertiary/aromatic N) is 1. The van der Waals surface area contributed by atoms with E-state index >= 15 is 0 Å². The fourth-order valence-electron chi connectivity index (χ4n) is 2.74. The molecular weight excluding hydrogens is 256 g/mol. The Morgan fingerprint density at radius 1 is 0.952 bits per heavy atom. The average Bonchev–Trinajstić information content (AvgIpc) is 2.43. The second-order valence-corrected chi connectivity index (χ2v) is 6.43. The first kappa shape index (κ1) is 15.6. The highest BCUT2D eigenvalue weighted by Gasteiger charge is 2.17. The maximum atomic E-state index is 6.17. The molecular formula is C19H26N2. The molecule has 2 rings (SSSR count). The molecule has 2 N–H and O–H groups in total. The Balaban J connectivity index is 2.78. The molecule has 0 radical (unpaired) electrons. The summed E-state index contributed by atoms with van der Waals surface area (Å²) in [6, 6.07) is 8.59. The Bertz CT molecular complexity index is 605. The minimum absolute atomic E-state index is 0.461. The van der Waals surface area contributed by atoms with Crippen molar-refractivity contribution in [2.45, 2.75) is 53.4 Å². The van der Waals surface area contributed by atoms with Gasteiger partial charge in [-0.1, -0.05) is 45.9 Å². The van der Waals surface area contributed by atoms with Gasteiger partial charge < -0.3 is 5.73 Å². The number of hydrogen-bond donors (Lipinski definition) is 1. The van der Waals surface area contributed by atoms with E-state index in [1.807, 2.05) is 19.9 Å². The van der Waals surface area contributed by atoms with Crippen molar-refractivity contribution in [2.75, 3.05) is 5.73 Å². The number of benzene rings is 1. The van der Waals surface area contributed by atoms with Crippen molar-refractivity contribution in [3.63, 3.8) is 0 Å². The van der Waals surface area contributed by atoms with E-state index in [9.17, 15) is 0 Å². The van der Waals surface area contributed by atoms with Gasteiger partial charge in [-0.3, -0.25) is 4.98 Å². The largest absolute Gasteiger partial charge is 0.398 e. The van der Waals surface area contributed by atoms with E-state index in [-0.39, 0.29) is 0 Å². The van der Waals surface area contributed by atoms with Crippen LogP contribution in [-0.4, -0.2) is 4.98 Å². The molecule has 0 unspecified atom stereocenters. The molecule has 0 saturated heterocycles. The lowest BCUT2D eigenvalue weighted by molar-refractivity contribution is 0.836. The van der Waals surface area contributed by atoms with Crippen molar-refractivity contribution in [1.82, 2.24) is 4.98 Å². The summed E-state index contributed by atoms with van der Waals surface area (Å²) in [6.45, 7) is 13.0. The van der Waals surface area contributed by atoms with E-state index in [1.54, 1.807) is 0 Å². The zero-order valence-corrected chi connectivity index (χ0v) is 14.0. The molecule has 1 aromatic heterocycles. The first-order valence-corrected chi connectivity index (χ1v) is 7.69. The average molecular weight is 282 g/mol. The van der Waals surface area contributed by atoms with Crippen LogP contribution < -0.4 is 5.73 Å². The maximum Gasteiger partial charge on any atom is 0.0731 e. The molecule has 0 atom stereocenters. The molecule has 0 saturated carbocycles. The van der Waals surface area contributed by atoms with Gasteiger partial charge in [-0.05, 0) is 48.4 Å². The third-order valence-electron chi connectivity index (χ3n) is 4.19. The number of nitrogen functional groups attached to an aromatic ring is 1. The van der Waals surface area contributed by atoms with Gasteiger partial charge in [-0.25, -0.2) is 0 Å².